The van der Waals surface area contributed by atoms with E-state index in [0.29, 0.717) is 13.0 Å². The standard InChI is InChI=1S/C17H15F3IN3O2/c1-9(2)21-14(11-4-5-22-8-12(11)16(25)26-3)24-13-6-10(17(18,19)20)7-23-15(13)21/h4-9H,1-3H3. The molecule has 0 saturated carbocycles. The number of aromatic nitrogens is 2. The van der Waals surface area contributed by atoms with E-state index < -0.39 is 37.5 Å². The van der Waals surface area contributed by atoms with Crippen LogP contribution in [0, 0.1) is 3.70 Å². The number of esters is 1. The fraction of sp³-hybridized carbons (Fsp3) is 0.294. The summed E-state index contributed by atoms with van der Waals surface area (Å²) in [7, 11) is 1.26. The summed E-state index contributed by atoms with van der Waals surface area (Å²) < 4.78 is 45.2. The number of methoxy groups -OCH3 is 1. The van der Waals surface area contributed by atoms with E-state index in [1.165, 1.54) is 19.5 Å². The molecule has 0 spiro atoms. The summed E-state index contributed by atoms with van der Waals surface area (Å²) in [6, 6.07) is 2.68. The van der Waals surface area contributed by atoms with Crippen LogP contribution in [0.2, 0.25) is 0 Å². The maximum atomic E-state index is 13.0. The van der Waals surface area contributed by atoms with Crippen molar-refractivity contribution in [2.75, 3.05) is 7.11 Å². The molecule has 0 aromatic carbocycles. The van der Waals surface area contributed by atoms with Crippen LogP contribution < -0.4 is 0 Å². The van der Waals surface area contributed by atoms with Crippen molar-refractivity contribution in [3.05, 3.63) is 51.1 Å². The van der Waals surface area contributed by atoms with E-state index in [4.69, 9.17) is 4.74 Å². The third-order valence-electron chi connectivity index (χ3n) is 3.64. The number of hydrogen-bond acceptors (Lipinski definition) is 5. The molecule has 0 N–H and O–H groups in total. The second-order valence-electron chi connectivity index (χ2n) is 5.67. The summed E-state index contributed by atoms with van der Waals surface area (Å²) in [5.41, 5.74) is 0.211. The summed E-state index contributed by atoms with van der Waals surface area (Å²) in [4.78, 5) is 24.6. The summed E-state index contributed by atoms with van der Waals surface area (Å²) in [5, 5.41) is 0. The first kappa shape index (κ1) is 18.7. The molecule has 0 unspecified atom stereocenters. The van der Waals surface area contributed by atoms with Crippen molar-refractivity contribution in [1.82, 2.24) is 9.97 Å². The van der Waals surface area contributed by atoms with E-state index in [9.17, 15) is 18.0 Å². The maximum absolute atomic E-state index is 13.0. The molecule has 0 saturated heterocycles. The van der Waals surface area contributed by atoms with Crippen LogP contribution in [0.25, 0.3) is 0 Å². The number of hydrogen-bond donors (Lipinski definition) is 0. The Labute approximate surface area is 155 Å². The minimum atomic E-state index is -4.48. The molecule has 5 nitrogen and oxygen atoms in total. The van der Waals surface area contributed by atoms with E-state index in [-0.39, 0.29) is 15.2 Å². The van der Waals surface area contributed by atoms with Gasteiger partial charge < -0.3 is 0 Å². The molecule has 138 valence electrons. The zero-order chi connectivity index (χ0) is 19.1. The number of alkyl halides is 4. The molecule has 3 heterocycles. The van der Waals surface area contributed by atoms with Crippen LogP contribution >= 0.6 is 19.8 Å². The third kappa shape index (κ3) is 3.31. The summed E-state index contributed by atoms with van der Waals surface area (Å²) >= 11 is -2.23. The van der Waals surface area contributed by atoms with Gasteiger partial charge in [-0.1, -0.05) is 0 Å². The molecule has 2 aromatic rings. The van der Waals surface area contributed by atoms with Gasteiger partial charge in [0, 0.05) is 0 Å². The molecule has 0 fully saturated rings. The van der Waals surface area contributed by atoms with Crippen LogP contribution in [-0.4, -0.2) is 30.7 Å². The van der Waals surface area contributed by atoms with Crippen molar-refractivity contribution in [2.24, 2.45) is 4.99 Å². The summed E-state index contributed by atoms with van der Waals surface area (Å²) in [6.45, 7) is 3.99. The quantitative estimate of drug-likeness (QED) is 0.284. The Morgan fingerprint density at radius 1 is 1.27 bits per heavy atom. The molecule has 0 atom stereocenters. The van der Waals surface area contributed by atoms with Gasteiger partial charge in [0.15, 0.2) is 0 Å². The molecule has 0 radical (unpaired) electrons. The van der Waals surface area contributed by atoms with Crippen LogP contribution in [0.15, 0.2) is 35.7 Å². The van der Waals surface area contributed by atoms with Crippen LogP contribution in [0.3, 0.4) is 0 Å². The van der Waals surface area contributed by atoms with Crippen molar-refractivity contribution in [3.8, 4) is 0 Å². The Morgan fingerprint density at radius 3 is 2.62 bits per heavy atom. The Hall–Kier alpha value is -2.04. The number of rotatable bonds is 3. The zero-order valence-corrected chi connectivity index (χ0v) is 16.3. The van der Waals surface area contributed by atoms with Crippen LogP contribution in [0.1, 0.15) is 35.3 Å². The molecular weight excluding hydrogens is 462 g/mol. The van der Waals surface area contributed by atoms with Crippen LogP contribution in [0.5, 0.6) is 0 Å². The van der Waals surface area contributed by atoms with Gasteiger partial charge in [-0.2, -0.15) is 0 Å². The molecule has 2 aromatic heterocycles. The molecule has 0 amide bonds. The normalized spacial score (nSPS) is 15.0. The van der Waals surface area contributed by atoms with E-state index >= 15 is 0 Å². The molecule has 26 heavy (non-hydrogen) atoms. The molecule has 0 aliphatic carbocycles. The molecular formula is C17H15F3IN3O2. The summed E-state index contributed by atoms with van der Waals surface area (Å²) in [5.74, 6) is -0.560. The Morgan fingerprint density at radius 2 is 2.00 bits per heavy atom. The first-order valence-corrected chi connectivity index (χ1v) is 11.0. The van der Waals surface area contributed by atoms with E-state index in [1.54, 1.807) is 6.07 Å². The van der Waals surface area contributed by atoms with Gasteiger partial charge in [0.05, 0.1) is 0 Å². The Bertz CT molecular complexity index is 897. The van der Waals surface area contributed by atoms with Gasteiger partial charge in [-0.15, -0.1) is 0 Å². The zero-order valence-electron chi connectivity index (χ0n) is 14.1. The number of halogens is 4. The van der Waals surface area contributed by atoms with E-state index in [2.05, 4.69) is 15.0 Å². The van der Waals surface area contributed by atoms with Gasteiger partial charge in [-0.3, -0.25) is 0 Å². The van der Waals surface area contributed by atoms with Gasteiger partial charge in [-0.05, 0) is 0 Å². The van der Waals surface area contributed by atoms with Gasteiger partial charge in [0.1, 0.15) is 0 Å². The second-order valence-corrected chi connectivity index (χ2v) is 12.0. The third-order valence-corrected chi connectivity index (χ3v) is 9.98. The van der Waals surface area contributed by atoms with Crippen molar-refractivity contribution in [2.45, 2.75) is 23.9 Å². The second kappa shape index (κ2) is 6.93. The molecule has 9 heteroatoms. The average Bonchev–Trinajstić information content (AvgIpc) is 2.99. The van der Waals surface area contributed by atoms with Gasteiger partial charge in [0.2, 0.25) is 0 Å². The SMILES string of the molecule is COC(=O)c1cnccc1C1=Nc2cc(C(F)(F)F)cnc2I1C(C)C. The Balaban J connectivity index is 2.17. The summed E-state index contributed by atoms with van der Waals surface area (Å²) in [6.07, 6.45) is -0.713. The fourth-order valence-electron chi connectivity index (χ4n) is 2.49. The predicted molar refractivity (Wildman–Crippen MR) is 98.9 cm³/mol. The molecule has 3 rings (SSSR count). The molecule has 1 aliphatic heterocycles. The van der Waals surface area contributed by atoms with Crippen molar-refractivity contribution in [3.63, 3.8) is 0 Å². The first-order chi connectivity index (χ1) is 12.2. The van der Waals surface area contributed by atoms with Crippen molar-refractivity contribution >= 4 is 35.2 Å². The molecule has 1 aliphatic rings. The number of carbonyl (C=O) groups is 1. The van der Waals surface area contributed by atoms with Gasteiger partial charge >= 0.3 is 155 Å². The van der Waals surface area contributed by atoms with Crippen molar-refractivity contribution in [1.29, 1.82) is 0 Å². The fourth-order valence-corrected chi connectivity index (χ4v) is 8.26. The number of fused-ring (bicyclic) bond motifs is 1. The number of ether oxygens (including phenoxy) is 1. The Kier molecular flexibility index (Phi) is 5.00. The number of aliphatic imine (C=N–C) groups is 1. The van der Waals surface area contributed by atoms with Crippen LogP contribution in [-0.2, 0) is 10.9 Å². The number of nitrogens with zero attached hydrogens (tertiary/aromatic N) is 3. The predicted octanol–water partition coefficient (Wildman–Crippen LogP) is 4.46. The van der Waals surface area contributed by atoms with Gasteiger partial charge in [-0.25, -0.2) is 0 Å². The van der Waals surface area contributed by atoms with E-state index in [0.717, 1.165) is 12.3 Å². The monoisotopic (exact) mass is 477 g/mol. The van der Waals surface area contributed by atoms with Gasteiger partial charge in [0.25, 0.3) is 0 Å². The average molecular weight is 477 g/mol. The first-order valence-electron chi connectivity index (χ1n) is 7.61. The van der Waals surface area contributed by atoms with E-state index in [1.807, 2.05) is 13.8 Å². The number of carbonyl (C=O) groups excluding carboxylic acids is 1. The van der Waals surface area contributed by atoms with Crippen LogP contribution in [0.4, 0.5) is 18.9 Å². The van der Waals surface area contributed by atoms with Crippen molar-refractivity contribution < 1.29 is 22.7 Å². The topological polar surface area (TPSA) is 64.4 Å². The molecule has 0 bridgehead atoms. The minimum absolute atomic E-state index is 0.169. The number of pyridine rings is 2.